The van der Waals surface area contributed by atoms with E-state index in [1.807, 2.05) is 6.07 Å². The summed E-state index contributed by atoms with van der Waals surface area (Å²) < 4.78 is 0.757. The number of hydrogen-bond donors (Lipinski definition) is 1. The van der Waals surface area contributed by atoms with Crippen molar-refractivity contribution in [1.29, 1.82) is 0 Å². The fourth-order valence-corrected chi connectivity index (χ4v) is 3.29. The summed E-state index contributed by atoms with van der Waals surface area (Å²) in [7, 11) is 0. The van der Waals surface area contributed by atoms with Crippen molar-refractivity contribution >= 4 is 22.6 Å². The predicted molar refractivity (Wildman–Crippen MR) is 87.0 cm³/mol. The number of halogens is 1. The molecule has 0 spiro atoms. The van der Waals surface area contributed by atoms with E-state index in [9.17, 15) is 4.79 Å². The van der Waals surface area contributed by atoms with Gasteiger partial charge in [-0.15, -0.1) is 0 Å². The molecule has 2 aliphatic carbocycles. The van der Waals surface area contributed by atoms with Gasteiger partial charge in [-0.05, 0) is 65.8 Å². The molecular formula is C16H15IN2O. The van der Waals surface area contributed by atoms with E-state index < -0.39 is 0 Å². The summed E-state index contributed by atoms with van der Waals surface area (Å²) in [4.78, 5) is 19.7. The zero-order valence-electron chi connectivity index (χ0n) is 11.0. The van der Waals surface area contributed by atoms with E-state index in [1.165, 1.54) is 18.4 Å². The van der Waals surface area contributed by atoms with Gasteiger partial charge in [0.2, 0.25) is 0 Å². The molecule has 2 fully saturated rings. The molecule has 0 aliphatic heterocycles. The summed E-state index contributed by atoms with van der Waals surface area (Å²) in [5.74, 6) is 1.93. The third-order valence-electron chi connectivity index (χ3n) is 4.06. The van der Waals surface area contributed by atoms with Crippen molar-refractivity contribution in [3.8, 4) is 11.4 Å². The number of benzene rings is 1. The van der Waals surface area contributed by atoms with Gasteiger partial charge in [-0.3, -0.25) is 4.79 Å². The first kappa shape index (κ1) is 12.6. The Kier molecular flexibility index (Phi) is 2.94. The van der Waals surface area contributed by atoms with Crippen LogP contribution in [0, 0.1) is 3.57 Å². The molecule has 1 aromatic heterocycles. The molecule has 2 saturated carbocycles. The van der Waals surface area contributed by atoms with Crippen LogP contribution in [0.25, 0.3) is 11.4 Å². The molecular weight excluding hydrogens is 363 g/mol. The highest BCUT2D eigenvalue weighted by molar-refractivity contribution is 14.1. The Morgan fingerprint density at radius 1 is 1.15 bits per heavy atom. The van der Waals surface area contributed by atoms with Gasteiger partial charge in [0.05, 0.1) is 9.26 Å². The highest BCUT2D eigenvalue weighted by Crippen LogP contribution is 2.42. The molecule has 0 bridgehead atoms. The number of rotatable bonds is 3. The van der Waals surface area contributed by atoms with Crippen molar-refractivity contribution < 1.29 is 0 Å². The zero-order valence-corrected chi connectivity index (χ0v) is 13.2. The van der Waals surface area contributed by atoms with Crippen molar-refractivity contribution in [3.05, 3.63) is 49.4 Å². The number of H-pyrrole nitrogens is 1. The summed E-state index contributed by atoms with van der Waals surface area (Å²) in [6.45, 7) is 0. The van der Waals surface area contributed by atoms with Crippen LogP contribution in [-0.4, -0.2) is 9.97 Å². The molecule has 2 aromatic rings. The Bertz CT molecular complexity index is 729. The van der Waals surface area contributed by atoms with Gasteiger partial charge in [0.15, 0.2) is 0 Å². The van der Waals surface area contributed by atoms with Crippen molar-refractivity contribution in [2.24, 2.45) is 0 Å². The molecule has 0 atom stereocenters. The summed E-state index contributed by atoms with van der Waals surface area (Å²) >= 11 is 2.12. The molecule has 1 aromatic carbocycles. The maximum absolute atomic E-state index is 12.1. The number of nitrogens with one attached hydrogen (secondary N) is 1. The lowest BCUT2D eigenvalue weighted by Crippen LogP contribution is -2.16. The normalized spacial score (nSPS) is 18.2. The van der Waals surface area contributed by atoms with Crippen molar-refractivity contribution in [2.75, 3.05) is 0 Å². The number of aromatic amines is 1. The van der Waals surface area contributed by atoms with E-state index in [-0.39, 0.29) is 5.56 Å². The second kappa shape index (κ2) is 4.69. The Hall–Kier alpha value is -1.17. The van der Waals surface area contributed by atoms with Gasteiger partial charge < -0.3 is 4.98 Å². The maximum Gasteiger partial charge on any atom is 0.264 e. The minimum Gasteiger partial charge on any atom is -0.306 e. The molecule has 4 heteroatoms. The van der Waals surface area contributed by atoms with Crippen LogP contribution in [0.15, 0.2) is 29.1 Å². The lowest BCUT2D eigenvalue weighted by atomic mass is 10.1. The number of aromatic nitrogens is 2. The minimum absolute atomic E-state index is 0.00525. The summed E-state index contributed by atoms with van der Waals surface area (Å²) in [5, 5.41) is 0. The van der Waals surface area contributed by atoms with Gasteiger partial charge in [-0.1, -0.05) is 18.2 Å². The molecule has 0 saturated heterocycles. The molecule has 3 nitrogen and oxygen atoms in total. The average Bonchev–Trinajstić information content (AvgIpc) is 3.33. The van der Waals surface area contributed by atoms with Crippen LogP contribution in [-0.2, 0) is 0 Å². The van der Waals surface area contributed by atoms with Gasteiger partial charge in [0.25, 0.3) is 5.56 Å². The van der Waals surface area contributed by atoms with Crippen LogP contribution in [0.3, 0.4) is 0 Å². The van der Waals surface area contributed by atoms with Crippen molar-refractivity contribution in [2.45, 2.75) is 37.5 Å². The van der Waals surface area contributed by atoms with Gasteiger partial charge >= 0.3 is 0 Å². The fourth-order valence-electron chi connectivity index (χ4n) is 2.60. The van der Waals surface area contributed by atoms with Gasteiger partial charge in [-0.2, -0.15) is 0 Å². The van der Waals surface area contributed by atoms with Crippen LogP contribution >= 0.6 is 22.6 Å². The van der Waals surface area contributed by atoms with Gasteiger partial charge in [0.1, 0.15) is 5.82 Å². The van der Waals surface area contributed by atoms with E-state index >= 15 is 0 Å². The SMILES string of the molecule is O=c1[nH]c(-c2cccc(C3CC3)c2)nc(C2CC2)c1I. The average molecular weight is 378 g/mol. The third-order valence-corrected chi connectivity index (χ3v) is 5.10. The van der Waals surface area contributed by atoms with E-state index in [1.54, 1.807) is 0 Å². The lowest BCUT2D eigenvalue weighted by Gasteiger charge is -2.07. The Morgan fingerprint density at radius 2 is 1.90 bits per heavy atom. The molecule has 4 rings (SSSR count). The molecule has 102 valence electrons. The molecule has 2 aliphatic rings. The standard InChI is InChI=1S/C16H15IN2O/c17-13-14(10-6-7-10)18-15(19-16(13)20)12-3-1-2-11(8-12)9-4-5-9/h1-3,8-10H,4-7H2,(H,18,19,20). The first-order valence-electron chi connectivity index (χ1n) is 7.12. The highest BCUT2D eigenvalue weighted by Gasteiger charge is 2.29. The van der Waals surface area contributed by atoms with Crippen LogP contribution in [0.2, 0.25) is 0 Å². The summed E-state index contributed by atoms with van der Waals surface area (Å²) in [5.41, 5.74) is 3.39. The molecule has 20 heavy (non-hydrogen) atoms. The Balaban J connectivity index is 1.81. The Morgan fingerprint density at radius 3 is 2.60 bits per heavy atom. The molecule has 1 N–H and O–H groups in total. The lowest BCUT2D eigenvalue weighted by molar-refractivity contribution is 0.957. The van der Waals surface area contributed by atoms with E-state index in [4.69, 9.17) is 4.98 Å². The highest BCUT2D eigenvalue weighted by atomic mass is 127. The summed E-state index contributed by atoms with van der Waals surface area (Å²) in [6, 6.07) is 8.46. The number of hydrogen-bond acceptors (Lipinski definition) is 2. The van der Waals surface area contributed by atoms with Crippen LogP contribution in [0.1, 0.15) is 48.8 Å². The van der Waals surface area contributed by atoms with Crippen LogP contribution in [0.5, 0.6) is 0 Å². The maximum atomic E-state index is 12.1. The van der Waals surface area contributed by atoms with Crippen LogP contribution in [0.4, 0.5) is 0 Å². The van der Waals surface area contributed by atoms with E-state index in [2.05, 4.69) is 45.8 Å². The van der Waals surface area contributed by atoms with Crippen molar-refractivity contribution in [3.63, 3.8) is 0 Å². The predicted octanol–water partition coefficient (Wildman–Crippen LogP) is 3.80. The van der Waals surface area contributed by atoms with E-state index in [0.29, 0.717) is 11.8 Å². The quantitative estimate of drug-likeness (QED) is 0.826. The van der Waals surface area contributed by atoms with Gasteiger partial charge in [0, 0.05) is 11.5 Å². The van der Waals surface area contributed by atoms with Crippen LogP contribution < -0.4 is 5.56 Å². The Labute approximate surface area is 131 Å². The first-order chi connectivity index (χ1) is 9.72. The molecule has 0 amide bonds. The molecule has 0 unspecified atom stereocenters. The second-order valence-corrected chi connectivity index (χ2v) is 6.87. The second-order valence-electron chi connectivity index (χ2n) is 5.79. The topological polar surface area (TPSA) is 45.8 Å². The molecule has 1 heterocycles. The molecule has 0 radical (unpaired) electrons. The number of nitrogens with zero attached hydrogens (tertiary/aromatic N) is 1. The monoisotopic (exact) mass is 378 g/mol. The third kappa shape index (κ3) is 2.30. The van der Waals surface area contributed by atoms with Crippen molar-refractivity contribution in [1.82, 2.24) is 9.97 Å². The zero-order chi connectivity index (χ0) is 13.7. The van der Waals surface area contributed by atoms with E-state index in [0.717, 1.165) is 33.5 Å². The van der Waals surface area contributed by atoms with Gasteiger partial charge in [-0.25, -0.2) is 4.98 Å². The largest absolute Gasteiger partial charge is 0.306 e. The smallest absolute Gasteiger partial charge is 0.264 e. The summed E-state index contributed by atoms with van der Waals surface area (Å²) in [6.07, 6.45) is 4.89. The minimum atomic E-state index is -0.00525. The fraction of sp³-hybridized carbons (Fsp3) is 0.375. The first-order valence-corrected chi connectivity index (χ1v) is 8.20.